The van der Waals surface area contributed by atoms with E-state index in [-0.39, 0.29) is 11.9 Å². The first kappa shape index (κ1) is 17.4. The lowest BCUT2D eigenvalue weighted by molar-refractivity contribution is -0.134. The maximum absolute atomic E-state index is 12.1. The highest BCUT2D eigenvalue weighted by molar-refractivity contribution is 5.76. The van der Waals surface area contributed by atoms with E-state index in [2.05, 4.69) is 19.2 Å². The Morgan fingerprint density at radius 3 is 2.39 bits per heavy atom. The Kier molecular flexibility index (Phi) is 9.92. The molecule has 0 radical (unpaired) electrons. The van der Waals surface area contributed by atoms with Crippen molar-refractivity contribution in [1.29, 1.82) is 0 Å². The van der Waals surface area contributed by atoms with Gasteiger partial charge >= 0.3 is 0 Å². The monoisotopic (exact) mass is 260 g/mol. The number of methoxy groups -OCH3 is 2. The van der Waals surface area contributed by atoms with Crippen LogP contribution in [0.15, 0.2) is 0 Å². The van der Waals surface area contributed by atoms with Crippen molar-refractivity contribution < 1.29 is 14.3 Å². The van der Waals surface area contributed by atoms with Gasteiger partial charge in [-0.05, 0) is 6.92 Å². The number of rotatable bonds is 10. The van der Waals surface area contributed by atoms with Crippen molar-refractivity contribution in [1.82, 2.24) is 10.2 Å². The minimum absolute atomic E-state index is 0.0803. The van der Waals surface area contributed by atoms with Crippen molar-refractivity contribution in [2.75, 3.05) is 40.5 Å². The van der Waals surface area contributed by atoms with Gasteiger partial charge in [0.2, 0.25) is 5.91 Å². The fourth-order valence-corrected chi connectivity index (χ4v) is 1.72. The Bertz CT molecular complexity index is 222. The van der Waals surface area contributed by atoms with Crippen LogP contribution in [0, 0.1) is 0 Å². The van der Waals surface area contributed by atoms with Gasteiger partial charge in [-0.15, -0.1) is 0 Å². The number of ether oxygens (including phenoxy) is 2. The van der Waals surface area contributed by atoms with Crippen molar-refractivity contribution in [3.63, 3.8) is 0 Å². The van der Waals surface area contributed by atoms with Crippen molar-refractivity contribution in [2.45, 2.75) is 39.3 Å². The van der Waals surface area contributed by atoms with Crippen LogP contribution in [0.1, 0.15) is 27.2 Å². The molecule has 1 N–H and O–H groups in total. The van der Waals surface area contributed by atoms with Gasteiger partial charge in [0.05, 0.1) is 19.3 Å². The number of hydrogen-bond acceptors (Lipinski definition) is 4. The predicted octanol–water partition coefficient (Wildman–Crippen LogP) is 0.884. The largest absolute Gasteiger partial charge is 0.383 e. The van der Waals surface area contributed by atoms with Crippen LogP contribution in [0.2, 0.25) is 0 Å². The van der Waals surface area contributed by atoms with Gasteiger partial charge in [0, 0.05) is 39.8 Å². The second kappa shape index (κ2) is 10.3. The van der Waals surface area contributed by atoms with Crippen LogP contribution in [0.3, 0.4) is 0 Å². The van der Waals surface area contributed by atoms with E-state index in [1.54, 1.807) is 14.2 Å². The molecule has 1 atom stereocenters. The lowest BCUT2D eigenvalue weighted by Crippen LogP contribution is -2.44. The molecule has 0 aromatic heterocycles. The Hall–Kier alpha value is -0.650. The van der Waals surface area contributed by atoms with Crippen molar-refractivity contribution in [3.8, 4) is 0 Å². The van der Waals surface area contributed by atoms with Gasteiger partial charge in [0.25, 0.3) is 0 Å². The summed E-state index contributed by atoms with van der Waals surface area (Å²) in [6, 6.07) is 0.485. The number of hydrogen-bond donors (Lipinski definition) is 1. The quantitative estimate of drug-likeness (QED) is 0.633. The fourth-order valence-electron chi connectivity index (χ4n) is 1.72. The van der Waals surface area contributed by atoms with E-state index < -0.39 is 0 Å². The summed E-state index contributed by atoms with van der Waals surface area (Å²) in [5.41, 5.74) is 0. The standard InChI is InChI=1S/C13H28N2O3/c1-11(2)14-7-6-13(16)15(8-9-17-4)12(3)10-18-5/h11-12,14H,6-10H2,1-5H3. The van der Waals surface area contributed by atoms with Gasteiger partial charge in [-0.3, -0.25) is 4.79 Å². The Labute approximate surface area is 111 Å². The van der Waals surface area contributed by atoms with Crippen LogP contribution in [0.5, 0.6) is 0 Å². The second-order valence-corrected chi connectivity index (χ2v) is 4.74. The zero-order chi connectivity index (χ0) is 14.0. The first-order valence-corrected chi connectivity index (χ1v) is 6.53. The van der Waals surface area contributed by atoms with Crippen LogP contribution in [-0.4, -0.2) is 63.4 Å². The van der Waals surface area contributed by atoms with Crippen molar-refractivity contribution in [2.24, 2.45) is 0 Å². The van der Waals surface area contributed by atoms with Crippen LogP contribution >= 0.6 is 0 Å². The Morgan fingerprint density at radius 1 is 1.22 bits per heavy atom. The molecule has 1 amide bonds. The molecule has 0 saturated heterocycles. The van der Waals surface area contributed by atoms with Gasteiger partial charge < -0.3 is 19.7 Å². The first-order valence-electron chi connectivity index (χ1n) is 6.53. The summed E-state index contributed by atoms with van der Waals surface area (Å²) in [5, 5.41) is 3.25. The number of nitrogens with one attached hydrogen (secondary N) is 1. The average molecular weight is 260 g/mol. The summed E-state index contributed by atoms with van der Waals surface area (Å²) in [7, 11) is 3.29. The third-order valence-corrected chi connectivity index (χ3v) is 2.69. The number of nitrogens with zero attached hydrogens (tertiary/aromatic N) is 1. The number of amides is 1. The van der Waals surface area contributed by atoms with E-state index in [0.717, 1.165) is 0 Å². The maximum Gasteiger partial charge on any atom is 0.224 e. The highest BCUT2D eigenvalue weighted by Crippen LogP contribution is 2.03. The van der Waals surface area contributed by atoms with E-state index in [4.69, 9.17) is 9.47 Å². The van der Waals surface area contributed by atoms with Gasteiger partial charge in [-0.1, -0.05) is 13.8 Å². The van der Waals surface area contributed by atoms with E-state index in [9.17, 15) is 4.79 Å². The van der Waals surface area contributed by atoms with Gasteiger partial charge in [0.1, 0.15) is 0 Å². The van der Waals surface area contributed by atoms with Crippen LogP contribution in [-0.2, 0) is 14.3 Å². The molecule has 0 aromatic carbocycles. The molecule has 0 aliphatic heterocycles. The molecule has 0 aliphatic rings. The van der Waals surface area contributed by atoms with Gasteiger partial charge in [-0.25, -0.2) is 0 Å². The van der Waals surface area contributed by atoms with Crippen LogP contribution < -0.4 is 5.32 Å². The first-order chi connectivity index (χ1) is 8.52. The minimum atomic E-state index is 0.0803. The zero-order valence-corrected chi connectivity index (χ0v) is 12.4. The molecule has 5 nitrogen and oxygen atoms in total. The van der Waals surface area contributed by atoms with E-state index in [0.29, 0.717) is 38.8 Å². The molecular weight excluding hydrogens is 232 g/mol. The summed E-state index contributed by atoms with van der Waals surface area (Å²) < 4.78 is 10.2. The molecule has 0 aliphatic carbocycles. The topological polar surface area (TPSA) is 50.8 Å². The third-order valence-electron chi connectivity index (χ3n) is 2.69. The minimum Gasteiger partial charge on any atom is -0.383 e. The van der Waals surface area contributed by atoms with Gasteiger partial charge in [0.15, 0.2) is 0 Å². The normalized spacial score (nSPS) is 12.8. The fraction of sp³-hybridized carbons (Fsp3) is 0.923. The molecule has 1 unspecified atom stereocenters. The zero-order valence-electron chi connectivity index (χ0n) is 12.4. The smallest absolute Gasteiger partial charge is 0.224 e. The summed E-state index contributed by atoms with van der Waals surface area (Å²) >= 11 is 0. The van der Waals surface area contributed by atoms with Crippen LogP contribution in [0.4, 0.5) is 0 Å². The van der Waals surface area contributed by atoms with Gasteiger partial charge in [-0.2, -0.15) is 0 Å². The molecule has 0 fully saturated rings. The van der Waals surface area contributed by atoms with E-state index in [1.807, 2.05) is 11.8 Å². The summed E-state index contributed by atoms with van der Waals surface area (Å²) in [5.74, 6) is 0.143. The van der Waals surface area contributed by atoms with E-state index in [1.165, 1.54) is 0 Å². The Balaban J connectivity index is 4.21. The SMILES string of the molecule is COCCN(C(=O)CCNC(C)C)C(C)COC. The molecule has 0 rings (SSSR count). The Morgan fingerprint density at radius 2 is 1.89 bits per heavy atom. The molecular formula is C13H28N2O3. The summed E-state index contributed by atoms with van der Waals surface area (Å²) in [6.45, 7) is 8.56. The molecule has 108 valence electrons. The lowest BCUT2D eigenvalue weighted by Gasteiger charge is -2.29. The summed E-state index contributed by atoms with van der Waals surface area (Å²) in [4.78, 5) is 14.0. The molecule has 0 heterocycles. The molecule has 0 saturated carbocycles. The maximum atomic E-state index is 12.1. The predicted molar refractivity (Wildman–Crippen MR) is 72.7 cm³/mol. The molecule has 18 heavy (non-hydrogen) atoms. The lowest BCUT2D eigenvalue weighted by atomic mass is 10.2. The van der Waals surface area contributed by atoms with E-state index >= 15 is 0 Å². The van der Waals surface area contributed by atoms with Crippen molar-refractivity contribution in [3.05, 3.63) is 0 Å². The third kappa shape index (κ3) is 7.63. The number of carbonyl (C=O) groups is 1. The summed E-state index contributed by atoms with van der Waals surface area (Å²) in [6.07, 6.45) is 0.510. The van der Waals surface area contributed by atoms with Crippen LogP contribution in [0.25, 0.3) is 0 Å². The molecule has 0 bridgehead atoms. The molecule has 5 heteroatoms. The molecule has 0 spiro atoms. The second-order valence-electron chi connectivity index (χ2n) is 4.74. The van der Waals surface area contributed by atoms with Crippen molar-refractivity contribution >= 4 is 5.91 Å². The average Bonchev–Trinajstić information content (AvgIpc) is 2.29. The highest BCUT2D eigenvalue weighted by atomic mass is 16.5. The number of carbonyl (C=O) groups excluding carboxylic acids is 1. The molecule has 0 aromatic rings. The highest BCUT2D eigenvalue weighted by Gasteiger charge is 2.19.